The minimum atomic E-state index is 0.0326. The summed E-state index contributed by atoms with van der Waals surface area (Å²) in [4.78, 5) is 0. The number of hydrogen-bond acceptors (Lipinski definition) is 2. The lowest BCUT2D eigenvalue weighted by Crippen LogP contribution is -2.31. The molecule has 0 amide bonds. The van der Waals surface area contributed by atoms with Gasteiger partial charge in [0.15, 0.2) is 0 Å². The van der Waals surface area contributed by atoms with E-state index in [-0.39, 0.29) is 12.1 Å². The molecule has 2 nitrogen and oxygen atoms in total. The minimum Gasteiger partial charge on any atom is -0.372 e. The normalized spacial score (nSPS) is 25.9. The molecule has 0 bridgehead atoms. The molecule has 14 heavy (non-hydrogen) atoms. The second kappa shape index (κ2) is 3.71. The summed E-state index contributed by atoms with van der Waals surface area (Å²) in [7, 11) is 0. The second-order valence-electron chi connectivity index (χ2n) is 3.93. The summed E-state index contributed by atoms with van der Waals surface area (Å²) >= 11 is 0. The fourth-order valence-electron chi connectivity index (χ4n) is 1.88. The van der Waals surface area contributed by atoms with Crippen molar-refractivity contribution in [3.8, 4) is 0 Å². The molecular weight excluding hydrogens is 174 g/mol. The van der Waals surface area contributed by atoms with E-state index in [2.05, 4.69) is 25.1 Å². The maximum absolute atomic E-state index is 6.09. The summed E-state index contributed by atoms with van der Waals surface area (Å²) in [6.07, 6.45) is 1.20. The molecule has 1 aliphatic rings. The van der Waals surface area contributed by atoms with Gasteiger partial charge in [-0.3, -0.25) is 0 Å². The molecule has 0 aromatic heterocycles. The van der Waals surface area contributed by atoms with Crippen LogP contribution in [0.25, 0.3) is 0 Å². The van der Waals surface area contributed by atoms with E-state index in [1.807, 2.05) is 6.92 Å². The molecule has 2 heteroatoms. The van der Waals surface area contributed by atoms with Crippen LogP contribution in [-0.2, 0) is 17.8 Å². The van der Waals surface area contributed by atoms with Crippen molar-refractivity contribution < 1.29 is 4.74 Å². The maximum atomic E-state index is 6.09. The van der Waals surface area contributed by atoms with Crippen molar-refractivity contribution in [1.82, 2.24) is 0 Å². The highest BCUT2D eigenvalue weighted by molar-refractivity contribution is 5.35. The van der Waals surface area contributed by atoms with Crippen molar-refractivity contribution in [2.75, 3.05) is 0 Å². The molecule has 0 aliphatic carbocycles. The predicted molar refractivity (Wildman–Crippen MR) is 57.0 cm³/mol. The Hall–Kier alpha value is -0.860. The van der Waals surface area contributed by atoms with Crippen LogP contribution in [0.3, 0.4) is 0 Å². The van der Waals surface area contributed by atoms with Crippen molar-refractivity contribution in [2.45, 2.75) is 39.0 Å². The van der Waals surface area contributed by atoms with Gasteiger partial charge >= 0.3 is 0 Å². The number of aryl methyl sites for hydroxylation is 1. The van der Waals surface area contributed by atoms with Crippen LogP contribution in [0.4, 0.5) is 0 Å². The summed E-state index contributed by atoms with van der Waals surface area (Å²) in [5, 5.41) is 0. The van der Waals surface area contributed by atoms with Gasteiger partial charge in [0.1, 0.15) is 0 Å². The molecule has 76 valence electrons. The number of fused-ring (bicyclic) bond motifs is 1. The van der Waals surface area contributed by atoms with Crippen LogP contribution in [0.1, 0.15) is 36.6 Å². The van der Waals surface area contributed by atoms with Crippen LogP contribution in [0.2, 0.25) is 0 Å². The first kappa shape index (κ1) is 9.69. The Morgan fingerprint density at radius 1 is 1.50 bits per heavy atom. The molecule has 1 heterocycles. The summed E-state index contributed by atoms with van der Waals surface area (Å²) in [5.74, 6) is 0. The zero-order valence-corrected chi connectivity index (χ0v) is 8.79. The van der Waals surface area contributed by atoms with Crippen LogP contribution in [0.15, 0.2) is 18.2 Å². The molecule has 1 aliphatic heterocycles. The monoisotopic (exact) mass is 191 g/mol. The third kappa shape index (κ3) is 1.56. The van der Waals surface area contributed by atoms with Crippen LogP contribution < -0.4 is 5.73 Å². The van der Waals surface area contributed by atoms with E-state index < -0.39 is 0 Å². The maximum Gasteiger partial charge on any atom is 0.0744 e. The molecule has 2 atom stereocenters. The van der Waals surface area contributed by atoms with E-state index in [9.17, 15) is 0 Å². The van der Waals surface area contributed by atoms with Crippen molar-refractivity contribution in [1.29, 1.82) is 0 Å². The van der Waals surface area contributed by atoms with Gasteiger partial charge in [-0.15, -0.1) is 0 Å². The van der Waals surface area contributed by atoms with Crippen molar-refractivity contribution >= 4 is 0 Å². The summed E-state index contributed by atoms with van der Waals surface area (Å²) in [6.45, 7) is 4.90. The first-order valence-electron chi connectivity index (χ1n) is 5.21. The van der Waals surface area contributed by atoms with Crippen LogP contribution >= 0.6 is 0 Å². The smallest absolute Gasteiger partial charge is 0.0744 e. The van der Waals surface area contributed by atoms with Gasteiger partial charge in [-0.2, -0.15) is 0 Å². The summed E-state index contributed by atoms with van der Waals surface area (Å²) in [5.41, 5.74) is 9.95. The second-order valence-corrected chi connectivity index (χ2v) is 3.93. The third-order valence-corrected chi connectivity index (χ3v) is 2.99. The highest BCUT2D eigenvalue weighted by Gasteiger charge is 2.23. The fraction of sp³-hybridized carbons (Fsp3) is 0.500. The topological polar surface area (TPSA) is 35.2 Å². The number of benzene rings is 1. The summed E-state index contributed by atoms with van der Waals surface area (Å²) < 4.78 is 5.57. The molecule has 0 spiro atoms. The van der Waals surface area contributed by atoms with E-state index in [0.29, 0.717) is 6.61 Å². The Morgan fingerprint density at radius 2 is 2.29 bits per heavy atom. The van der Waals surface area contributed by atoms with E-state index in [1.54, 1.807) is 0 Å². The molecular formula is C12H17NO. The Kier molecular flexibility index (Phi) is 2.57. The Bertz CT molecular complexity index is 335. The van der Waals surface area contributed by atoms with Gasteiger partial charge in [0, 0.05) is 0 Å². The number of nitrogens with two attached hydrogens (primary N) is 1. The van der Waals surface area contributed by atoms with Gasteiger partial charge in [0.05, 0.1) is 18.8 Å². The quantitative estimate of drug-likeness (QED) is 0.738. The van der Waals surface area contributed by atoms with Crippen LogP contribution in [0.5, 0.6) is 0 Å². The number of hydrogen-bond donors (Lipinski definition) is 1. The lowest BCUT2D eigenvalue weighted by molar-refractivity contribution is 0.0213. The van der Waals surface area contributed by atoms with Gasteiger partial charge in [-0.05, 0) is 30.0 Å². The average Bonchev–Trinajstić information content (AvgIpc) is 2.23. The van der Waals surface area contributed by atoms with Gasteiger partial charge < -0.3 is 10.5 Å². The van der Waals surface area contributed by atoms with Gasteiger partial charge in [-0.1, -0.05) is 25.1 Å². The minimum absolute atomic E-state index is 0.0326. The molecule has 0 fully saturated rings. The predicted octanol–water partition coefficient (Wildman–Crippen LogP) is 2.17. The van der Waals surface area contributed by atoms with Crippen molar-refractivity contribution in [2.24, 2.45) is 5.73 Å². The molecule has 2 rings (SSSR count). The van der Waals surface area contributed by atoms with Crippen LogP contribution in [-0.4, -0.2) is 6.10 Å². The van der Waals surface area contributed by atoms with E-state index in [1.165, 1.54) is 16.7 Å². The standard InChI is InChI=1S/C12H17NO/c1-3-9-4-5-10-7-14-8(2)12(13)11(10)6-9/h4-6,8,12H,3,7,13H2,1-2H3/t8-,12-/m1/s1. The molecule has 2 N–H and O–H groups in total. The first-order valence-corrected chi connectivity index (χ1v) is 5.21. The SMILES string of the molecule is CCc1ccc2c(c1)[C@H](N)[C@@H](C)OC2. The van der Waals surface area contributed by atoms with Gasteiger partial charge in [0.2, 0.25) is 0 Å². The average molecular weight is 191 g/mol. The van der Waals surface area contributed by atoms with E-state index in [0.717, 1.165) is 6.42 Å². The molecule has 0 unspecified atom stereocenters. The lowest BCUT2D eigenvalue weighted by Gasteiger charge is -2.29. The highest BCUT2D eigenvalue weighted by atomic mass is 16.5. The van der Waals surface area contributed by atoms with Crippen LogP contribution in [0, 0.1) is 0 Å². The number of rotatable bonds is 1. The van der Waals surface area contributed by atoms with Crippen molar-refractivity contribution in [3.05, 3.63) is 34.9 Å². The molecule has 1 aromatic carbocycles. The van der Waals surface area contributed by atoms with E-state index >= 15 is 0 Å². The molecule has 0 saturated heterocycles. The molecule has 0 saturated carbocycles. The van der Waals surface area contributed by atoms with E-state index in [4.69, 9.17) is 10.5 Å². The highest BCUT2D eigenvalue weighted by Crippen LogP contribution is 2.28. The third-order valence-electron chi connectivity index (χ3n) is 2.99. The summed E-state index contributed by atoms with van der Waals surface area (Å²) in [6, 6.07) is 6.55. The molecule has 1 aromatic rings. The number of ether oxygens (including phenoxy) is 1. The Morgan fingerprint density at radius 3 is 3.00 bits per heavy atom. The molecule has 0 radical (unpaired) electrons. The zero-order valence-electron chi connectivity index (χ0n) is 8.79. The van der Waals surface area contributed by atoms with Gasteiger partial charge in [0.25, 0.3) is 0 Å². The Labute approximate surface area is 85.1 Å². The van der Waals surface area contributed by atoms with Crippen molar-refractivity contribution in [3.63, 3.8) is 0 Å². The fourth-order valence-corrected chi connectivity index (χ4v) is 1.88. The van der Waals surface area contributed by atoms with Gasteiger partial charge in [-0.25, -0.2) is 0 Å². The zero-order chi connectivity index (χ0) is 10.1. The lowest BCUT2D eigenvalue weighted by atomic mass is 9.93. The Balaban J connectivity index is 2.41. The first-order chi connectivity index (χ1) is 6.72. The largest absolute Gasteiger partial charge is 0.372 e.